The van der Waals surface area contributed by atoms with Gasteiger partial charge in [0.15, 0.2) is 0 Å². The zero-order valence-corrected chi connectivity index (χ0v) is 19.0. The van der Waals surface area contributed by atoms with E-state index in [4.69, 9.17) is 9.84 Å². The molecule has 0 radical (unpaired) electrons. The Hall–Kier alpha value is -3.51. The van der Waals surface area contributed by atoms with Crippen molar-refractivity contribution in [2.24, 2.45) is 0 Å². The SMILES string of the molecule is COc1ccc(CCN(C)CCn2nc(Cc3ccc(F)cc3)c3ccccc3c2=O)cc1. The molecule has 0 saturated carbocycles. The Bertz CT molecular complexity index is 1270. The molecule has 0 aliphatic carbocycles. The number of halogens is 1. The second kappa shape index (κ2) is 10.4. The first-order valence-corrected chi connectivity index (χ1v) is 11.1. The molecule has 170 valence electrons. The van der Waals surface area contributed by atoms with Crippen LogP contribution in [0.15, 0.2) is 77.6 Å². The van der Waals surface area contributed by atoms with E-state index in [2.05, 4.69) is 24.1 Å². The van der Waals surface area contributed by atoms with Crippen LogP contribution in [0.3, 0.4) is 0 Å². The molecule has 4 aromatic rings. The highest BCUT2D eigenvalue weighted by molar-refractivity contribution is 5.83. The normalized spacial score (nSPS) is 11.3. The maximum absolute atomic E-state index is 13.3. The van der Waals surface area contributed by atoms with Crippen molar-refractivity contribution in [1.29, 1.82) is 0 Å². The van der Waals surface area contributed by atoms with Crippen LogP contribution in [0.25, 0.3) is 10.8 Å². The van der Waals surface area contributed by atoms with E-state index in [1.165, 1.54) is 17.7 Å². The first-order chi connectivity index (χ1) is 16.0. The van der Waals surface area contributed by atoms with Crippen molar-refractivity contribution in [2.45, 2.75) is 19.4 Å². The molecule has 0 amide bonds. The molecule has 0 N–H and O–H groups in total. The summed E-state index contributed by atoms with van der Waals surface area (Å²) >= 11 is 0. The van der Waals surface area contributed by atoms with Crippen LogP contribution >= 0.6 is 0 Å². The fraction of sp³-hybridized carbons (Fsp3) is 0.259. The summed E-state index contributed by atoms with van der Waals surface area (Å²) in [5, 5.41) is 6.20. The standard InChI is InChI=1S/C27H28FN3O2/c1-30(16-15-20-9-13-23(33-2)14-10-20)17-18-31-27(32)25-6-4-3-5-24(25)26(29-31)19-21-7-11-22(28)12-8-21/h3-14H,15-19H2,1-2H3. The maximum atomic E-state index is 13.3. The zero-order valence-electron chi connectivity index (χ0n) is 19.0. The van der Waals surface area contributed by atoms with Crippen molar-refractivity contribution >= 4 is 10.8 Å². The highest BCUT2D eigenvalue weighted by Gasteiger charge is 2.12. The number of methoxy groups -OCH3 is 1. The van der Waals surface area contributed by atoms with E-state index >= 15 is 0 Å². The summed E-state index contributed by atoms with van der Waals surface area (Å²) in [6.07, 6.45) is 1.45. The third-order valence-corrected chi connectivity index (χ3v) is 5.86. The van der Waals surface area contributed by atoms with Gasteiger partial charge >= 0.3 is 0 Å². The second-order valence-corrected chi connectivity index (χ2v) is 8.23. The Morgan fingerprint density at radius 1 is 0.909 bits per heavy atom. The number of ether oxygens (including phenoxy) is 1. The summed E-state index contributed by atoms with van der Waals surface area (Å²) in [5.74, 6) is 0.588. The van der Waals surface area contributed by atoms with Crippen molar-refractivity contribution in [1.82, 2.24) is 14.7 Å². The van der Waals surface area contributed by atoms with Gasteiger partial charge in [-0.3, -0.25) is 4.79 Å². The number of likely N-dealkylation sites (N-methyl/N-ethyl adjacent to an activating group) is 1. The Morgan fingerprint density at radius 2 is 1.58 bits per heavy atom. The molecule has 6 heteroatoms. The third-order valence-electron chi connectivity index (χ3n) is 5.86. The van der Waals surface area contributed by atoms with Gasteiger partial charge in [0.2, 0.25) is 0 Å². The van der Waals surface area contributed by atoms with Crippen LogP contribution in [0.4, 0.5) is 4.39 Å². The molecule has 3 aromatic carbocycles. The van der Waals surface area contributed by atoms with Gasteiger partial charge in [0.1, 0.15) is 11.6 Å². The molecule has 4 rings (SSSR count). The molecule has 0 unspecified atom stereocenters. The first kappa shape index (κ1) is 22.7. The van der Waals surface area contributed by atoms with E-state index in [1.54, 1.807) is 23.9 Å². The van der Waals surface area contributed by atoms with Crippen LogP contribution in [0, 0.1) is 5.82 Å². The summed E-state index contributed by atoms with van der Waals surface area (Å²) in [4.78, 5) is 15.3. The highest BCUT2D eigenvalue weighted by Crippen LogP contribution is 2.17. The van der Waals surface area contributed by atoms with Gasteiger partial charge in [-0.05, 0) is 54.9 Å². The third kappa shape index (κ3) is 5.65. The van der Waals surface area contributed by atoms with Crippen molar-refractivity contribution in [3.8, 4) is 5.75 Å². The average molecular weight is 446 g/mol. The molecule has 5 nitrogen and oxygen atoms in total. The van der Waals surface area contributed by atoms with Crippen molar-refractivity contribution < 1.29 is 9.13 Å². The van der Waals surface area contributed by atoms with Crippen LogP contribution in [0.5, 0.6) is 5.75 Å². The number of hydrogen-bond donors (Lipinski definition) is 0. The van der Waals surface area contributed by atoms with E-state index in [0.717, 1.165) is 35.4 Å². The van der Waals surface area contributed by atoms with Gasteiger partial charge in [-0.15, -0.1) is 0 Å². The lowest BCUT2D eigenvalue weighted by molar-refractivity contribution is 0.312. The summed E-state index contributed by atoms with van der Waals surface area (Å²) in [7, 11) is 3.71. The van der Waals surface area contributed by atoms with E-state index in [9.17, 15) is 9.18 Å². The highest BCUT2D eigenvalue weighted by atomic mass is 19.1. The van der Waals surface area contributed by atoms with Crippen molar-refractivity contribution in [2.75, 3.05) is 27.2 Å². The molecule has 0 spiro atoms. The van der Waals surface area contributed by atoms with Crippen LogP contribution in [-0.4, -0.2) is 41.9 Å². The lowest BCUT2D eigenvalue weighted by atomic mass is 10.0. The van der Waals surface area contributed by atoms with E-state index < -0.39 is 0 Å². The fourth-order valence-corrected chi connectivity index (χ4v) is 3.87. The van der Waals surface area contributed by atoms with Crippen LogP contribution < -0.4 is 10.3 Å². The van der Waals surface area contributed by atoms with Gasteiger partial charge in [-0.1, -0.05) is 42.5 Å². The van der Waals surface area contributed by atoms with Gasteiger partial charge in [-0.2, -0.15) is 5.10 Å². The Labute approximate surface area is 193 Å². The molecule has 0 aliphatic heterocycles. The van der Waals surface area contributed by atoms with E-state index in [-0.39, 0.29) is 11.4 Å². The lowest BCUT2D eigenvalue weighted by Gasteiger charge is -2.18. The van der Waals surface area contributed by atoms with Crippen molar-refractivity contribution in [3.05, 3.63) is 106 Å². The number of nitrogens with zero attached hydrogens (tertiary/aromatic N) is 3. The zero-order chi connectivity index (χ0) is 23.2. The number of fused-ring (bicyclic) bond motifs is 1. The number of rotatable bonds is 9. The smallest absolute Gasteiger partial charge is 0.274 e. The van der Waals surface area contributed by atoms with Gasteiger partial charge in [0.25, 0.3) is 5.56 Å². The molecular weight excluding hydrogens is 417 g/mol. The first-order valence-electron chi connectivity index (χ1n) is 11.1. The lowest BCUT2D eigenvalue weighted by Crippen LogP contribution is -2.32. The molecule has 1 heterocycles. The number of benzene rings is 3. The predicted octanol–water partition coefficient (Wildman–Crippen LogP) is 4.31. The summed E-state index contributed by atoms with van der Waals surface area (Å²) in [5.41, 5.74) is 2.93. The molecule has 0 fully saturated rings. The summed E-state index contributed by atoms with van der Waals surface area (Å²) in [6.45, 7) is 2.08. The van der Waals surface area contributed by atoms with Crippen molar-refractivity contribution in [3.63, 3.8) is 0 Å². The van der Waals surface area contributed by atoms with Crippen LogP contribution in [0.1, 0.15) is 16.8 Å². The Kier molecular flexibility index (Phi) is 7.15. The molecule has 0 aliphatic rings. The predicted molar refractivity (Wildman–Crippen MR) is 129 cm³/mol. The van der Waals surface area contributed by atoms with Gasteiger partial charge < -0.3 is 9.64 Å². The molecule has 0 bridgehead atoms. The quantitative estimate of drug-likeness (QED) is 0.385. The van der Waals surface area contributed by atoms with E-state index in [0.29, 0.717) is 24.9 Å². The minimum absolute atomic E-state index is 0.0861. The molecule has 1 aromatic heterocycles. The van der Waals surface area contributed by atoms with Gasteiger partial charge in [-0.25, -0.2) is 9.07 Å². The van der Waals surface area contributed by atoms with E-state index in [1.807, 2.05) is 36.4 Å². The minimum Gasteiger partial charge on any atom is -0.497 e. The van der Waals surface area contributed by atoms with Crippen LogP contribution in [-0.2, 0) is 19.4 Å². The number of hydrogen-bond acceptors (Lipinski definition) is 4. The summed E-state index contributed by atoms with van der Waals surface area (Å²) < 4.78 is 20.1. The summed E-state index contributed by atoms with van der Waals surface area (Å²) in [6, 6.07) is 22.1. The van der Waals surface area contributed by atoms with Gasteiger partial charge in [0.05, 0.1) is 24.7 Å². The minimum atomic E-state index is -0.265. The largest absolute Gasteiger partial charge is 0.497 e. The molecule has 0 atom stereocenters. The molecular formula is C27H28FN3O2. The van der Waals surface area contributed by atoms with Crippen LogP contribution in [0.2, 0.25) is 0 Å². The Balaban J connectivity index is 1.47. The average Bonchev–Trinajstić information content (AvgIpc) is 2.85. The monoisotopic (exact) mass is 445 g/mol. The Morgan fingerprint density at radius 3 is 2.27 bits per heavy atom. The molecule has 33 heavy (non-hydrogen) atoms. The fourth-order valence-electron chi connectivity index (χ4n) is 3.87. The second-order valence-electron chi connectivity index (χ2n) is 8.23. The maximum Gasteiger partial charge on any atom is 0.274 e. The number of aromatic nitrogens is 2. The van der Waals surface area contributed by atoms with Gasteiger partial charge in [0, 0.05) is 24.9 Å². The topological polar surface area (TPSA) is 47.4 Å². The molecule has 0 saturated heterocycles.